The minimum Gasteiger partial charge on any atom is -0.480 e. The molecule has 0 aliphatic carbocycles. The number of hydrogen-bond donors (Lipinski definition) is 3. The highest BCUT2D eigenvalue weighted by molar-refractivity contribution is 5.73. The molecule has 0 aromatic rings. The van der Waals surface area contributed by atoms with Crippen LogP contribution < -0.4 is 11.3 Å². The zero-order valence-electron chi connectivity index (χ0n) is 9.67. The second-order valence-corrected chi connectivity index (χ2v) is 3.97. The lowest BCUT2D eigenvalue weighted by Crippen LogP contribution is -2.41. The van der Waals surface area contributed by atoms with Gasteiger partial charge in [-0.3, -0.25) is 10.6 Å². The summed E-state index contributed by atoms with van der Waals surface area (Å²) in [5.41, 5.74) is 2.31. The Labute approximate surface area is 92.2 Å². The van der Waals surface area contributed by atoms with Crippen molar-refractivity contribution in [3.05, 3.63) is 0 Å². The number of rotatable bonds is 10. The summed E-state index contributed by atoms with van der Waals surface area (Å²) < 4.78 is 0. The predicted molar refractivity (Wildman–Crippen MR) is 61.4 cm³/mol. The third-order valence-electron chi connectivity index (χ3n) is 2.60. The first kappa shape index (κ1) is 14.4. The van der Waals surface area contributed by atoms with Crippen LogP contribution in [0.2, 0.25) is 0 Å². The first-order valence-corrected chi connectivity index (χ1v) is 5.91. The molecule has 4 N–H and O–H groups in total. The number of hydrogen-bond acceptors (Lipinski definition) is 3. The summed E-state index contributed by atoms with van der Waals surface area (Å²) in [7, 11) is 0. The van der Waals surface area contributed by atoms with Gasteiger partial charge in [0.05, 0.1) is 0 Å². The van der Waals surface area contributed by atoms with E-state index in [1.54, 1.807) is 0 Å². The van der Waals surface area contributed by atoms with E-state index in [1.165, 1.54) is 32.1 Å². The van der Waals surface area contributed by atoms with E-state index in [0.29, 0.717) is 6.42 Å². The van der Waals surface area contributed by atoms with E-state index < -0.39 is 12.0 Å². The lowest BCUT2D eigenvalue weighted by Gasteiger charge is -2.09. The van der Waals surface area contributed by atoms with Crippen LogP contribution in [0.5, 0.6) is 0 Å². The van der Waals surface area contributed by atoms with Gasteiger partial charge in [-0.25, -0.2) is 5.43 Å². The first-order chi connectivity index (χ1) is 7.22. The Morgan fingerprint density at radius 3 is 2.20 bits per heavy atom. The van der Waals surface area contributed by atoms with Gasteiger partial charge < -0.3 is 5.11 Å². The van der Waals surface area contributed by atoms with E-state index >= 15 is 0 Å². The Balaban J connectivity index is 3.25. The average Bonchev–Trinajstić information content (AvgIpc) is 2.21. The molecule has 0 fully saturated rings. The summed E-state index contributed by atoms with van der Waals surface area (Å²) >= 11 is 0. The number of unbranched alkanes of at least 4 members (excludes halogenated alkanes) is 6. The van der Waals surface area contributed by atoms with E-state index in [-0.39, 0.29) is 0 Å². The number of aliphatic carboxylic acids is 1. The largest absolute Gasteiger partial charge is 0.480 e. The molecule has 1 atom stereocenters. The molecule has 0 aromatic carbocycles. The maximum atomic E-state index is 10.6. The maximum Gasteiger partial charge on any atom is 0.322 e. The molecule has 0 heterocycles. The molecule has 0 saturated carbocycles. The molecule has 0 aromatic heterocycles. The van der Waals surface area contributed by atoms with E-state index in [1.807, 2.05) is 0 Å². The standard InChI is InChI=1S/C11H24N2O2/c1-2-3-4-5-6-7-8-9-10(13-12)11(14)15/h10,13H,2-9,12H2,1H3,(H,14,15). The van der Waals surface area contributed by atoms with Crippen molar-refractivity contribution in [1.82, 2.24) is 5.43 Å². The Bertz CT molecular complexity index is 163. The molecule has 0 saturated heterocycles. The molecule has 0 radical (unpaired) electrons. The van der Waals surface area contributed by atoms with Crippen LogP contribution in [0.4, 0.5) is 0 Å². The maximum absolute atomic E-state index is 10.6. The topological polar surface area (TPSA) is 75.3 Å². The minimum absolute atomic E-state index is 0.583. The van der Waals surface area contributed by atoms with Gasteiger partial charge >= 0.3 is 5.97 Å². The molecular weight excluding hydrogens is 192 g/mol. The fraction of sp³-hybridized carbons (Fsp3) is 0.909. The van der Waals surface area contributed by atoms with Gasteiger partial charge in [0.2, 0.25) is 0 Å². The SMILES string of the molecule is CCCCCCCCCC(NN)C(=O)O. The Morgan fingerprint density at radius 1 is 1.20 bits per heavy atom. The highest BCUT2D eigenvalue weighted by atomic mass is 16.4. The van der Waals surface area contributed by atoms with E-state index in [0.717, 1.165) is 12.8 Å². The van der Waals surface area contributed by atoms with Crippen LogP contribution in [-0.4, -0.2) is 17.1 Å². The second kappa shape index (κ2) is 9.93. The van der Waals surface area contributed by atoms with Crippen molar-refractivity contribution in [3.8, 4) is 0 Å². The number of nitrogens with one attached hydrogen (secondary N) is 1. The predicted octanol–water partition coefficient (Wildman–Crippen LogP) is 2.04. The molecule has 0 spiro atoms. The van der Waals surface area contributed by atoms with Crippen molar-refractivity contribution in [2.45, 2.75) is 64.3 Å². The average molecular weight is 216 g/mol. The highest BCUT2D eigenvalue weighted by Crippen LogP contribution is 2.09. The van der Waals surface area contributed by atoms with Crippen molar-refractivity contribution in [1.29, 1.82) is 0 Å². The van der Waals surface area contributed by atoms with E-state index in [2.05, 4.69) is 12.3 Å². The summed E-state index contributed by atoms with van der Waals surface area (Å²) in [5, 5.41) is 8.70. The normalized spacial score (nSPS) is 12.7. The molecule has 15 heavy (non-hydrogen) atoms. The number of carboxylic acid groups (broad SMARTS) is 1. The summed E-state index contributed by atoms with van der Waals surface area (Å²) in [6, 6.07) is -0.583. The molecule has 4 heteroatoms. The number of carboxylic acids is 1. The van der Waals surface area contributed by atoms with Gasteiger partial charge in [0.1, 0.15) is 6.04 Å². The first-order valence-electron chi connectivity index (χ1n) is 5.91. The van der Waals surface area contributed by atoms with Crippen molar-refractivity contribution >= 4 is 5.97 Å². The summed E-state index contributed by atoms with van der Waals surface area (Å²) in [4.78, 5) is 10.6. The minimum atomic E-state index is -0.858. The molecule has 4 nitrogen and oxygen atoms in total. The lowest BCUT2D eigenvalue weighted by molar-refractivity contribution is -0.139. The quantitative estimate of drug-likeness (QED) is 0.297. The smallest absolute Gasteiger partial charge is 0.322 e. The fourth-order valence-electron chi connectivity index (χ4n) is 1.58. The summed E-state index contributed by atoms with van der Waals surface area (Å²) in [5.74, 6) is 4.27. The Hall–Kier alpha value is -0.610. The zero-order chi connectivity index (χ0) is 11.5. The van der Waals surface area contributed by atoms with Crippen molar-refractivity contribution in [3.63, 3.8) is 0 Å². The molecule has 0 aliphatic rings. The van der Waals surface area contributed by atoms with Gasteiger partial charge in [-0.1, -0.05) is 51.9 Å². The third kappa shape index (κ3) is 8.39. The van der Waals surface area contributed by atoms with Crippen molar-refractivity contribution in [2.24, 2.45) is 5.84 Å². The number of hydrazine groups is 1. The van der Waals surface area contributed by atoms with Gasteiger partial charge in [0.25, 0.3) is 0 Å². The molecular formula is C11H24N2O2. The molecule has 90 valence electrons. The van der Waals surface area contributed by atoms with Crippen LogP contribution in [0.3, 0.4) is 0 Å². The van der Waals surface area contributed by atoms with Gasteiger partial charge in [-0.15, -0.1) is 0 Å². The van der Waals surface area contributed by atoms with E-state index in [4.69, 9.17) is 10.9 Å². The second-order valence-electron chi connectivity index (χ2n) is 3.97. The van der Waals surface area contributed by atoms with E-state index in [9.17, 15) is 4.79 Å². The Morgan fingerprint density at radius 2 is 1.73 bits per heavy atom. The van der Waals surface area contributed by atoms with Gasteiger partial charge in [0, 0.05) is 0 Å². The van der Waals surface area contributed by atoms with Gasteiger partial charge in [0.15, 0.2) is 0 Å². The molecule has 0 bridgehead atoms. The molecule has 0 rings (SSSR count). The van der Waals surface area contributed by atoms with Crippen LogP contribution in [0, 0.1) is 0 Å². The van der Waals surface area contributed by atoms with Crippen LogP contribution in [0.1, 0.15) is 58.3 Å². The zero-order valence-corrected chi connectivity index (χ0v) is 9.67. The van der Waals surface area contributed by atoms with Crippen molar-refractivity contribution < 1.29 is 9.90 Å². The highest BCUT2D eigenvalue weighted by Gasteiger charge is 2.13. The van der Waals surface area contributed by atoms with Crippen LogP contribution in [-0.2, 0) is 4.79 Å². The number of carbonyl (C=O) groups is 1. The van der Waals surface area contributed by atoms with Gasteiger partial charge in [-0.2, -0.15) is 0 Å². The monoisotopic (exact) mass is 216 g/mol. The molecule has 0 aliphatic heterocycles. The third-order valence-corrected chi connectivity index (χ3v) is 2.60. The number of nitrogens with two attached hydrogens (primary N) is 1. The van der Waals surface area contributed by atoms with Gasteiger partial charge in [-0.05, 0) is 6.42 Å². The van der Waals surface area contributed by atoms with Crippen molar-refractivity contribution in [2.75, 3.05) is 0 Å². The lowest BCUT2D eigenvalue weighted by atomic mass is 10.1. The van der Waals surface area contributed by atoms with Crippen LogP contribution in [0.25, 0.3) is 0 Å². The molecule has 0 amide bonds. The Kier molecular flexibility index (Phi) is 9.52. The summed E-state index contributed by atoms with van der Waals surface area (Å²) in [6.45, 7) is 2.20. The fourth-order valence-corrected chi connectivity index (χ4v) is 1.58. The van der Waals surface area contributed by atoms with Crippen LogP contribution >= 0.6 is 0 Å². The summed E-state index contributed by atoms with van der Waals surface area (Å²) in [6.07, 6.45) is 9.01. The van der Waals surface area contributed by atoms with Crippen LogP contribution in [0.15, 0.2) is 0 Å². The molecule has 1 unspecified atom stereocenters.